The molecular formula is C14H18BrClN2O. The number of rotatable bonds is 2. The Morgan fingerprint density at radius 3 is 2.74 bits per heavy atom. The fourth-order valence-corrected chi connectivity index (χ4v) is 4.27. The van der Waals surface area contributed by atoms with Gasteiger partial charge in [-0.2, -0.15) is 4.98 Å². The Morgan fingerprint density at radius 1 is 1.42 bits per heavy atom. The number of hydrogen-bond acceptors (Lipinski definition) is 3. The summed E-state index contributed by atoms with van der Waals surface area (Å²) in [6.45, 7) is 7.09. The van der Waals surface area contributed by atoms with Gasteiger partial charge < -0.3 is 4.74 Å². The van der Waals surface area contributed by atoms with Gasteiger partial charge in [-0.25, -0.2) is 4.98 Å². The lowest BCUT2D eigenvalue weighted by molar-refractivity contribution is 0.0267. The first-order valence-electron chi connectivity index (χ1n) is 6.69. The zero-order valence-electron chi connectivity index (χ0n) is 11.4. The molecule has 2 aliphatic rings. The van der Waals surface area contributed by atoms with Crippen LogP contribution in [0.25, 0.3) is 0 Å². The molecule has 3 unspecified atom stereocenters. The van der Waals surface area contributed by atoms with Crippen LogP contribution in [0.1, 0.15) is 40.0 Å². The predicted molar refractivity (Wildman–Crippen MR) is 78.4 cm³/mol. The lowest BCUT2D eigenvalue weighted by Gasteiger charge is -2.38. The van der Waals surface area contributed by atoms with E-state index in [1.54, 1.807) is 6.20 Å². The van der Waals surface area contributed by atoms with Crippen molar-refractivity contribution in [2.45, 2.75) is 46.1 Å². The van der Waals surface area contributed by atoms with Crippen LogP contribution in [-0.2, 0) is 0 Å². The predicted octanol–water partition coefficient (Wildman–Crippen LogP) is 4.49. The summed E-state index contributed by atoms with van der Waals surface area (Å²) < 4.78 is 6.94. The van der Waals surface area contributed by atoms with E-state index in [2.05, 4.69) is 46.7 Å². The van der Waals surface area contributed by atoms with Gasteiger partial charge >= 0.3 is 0 Å². The minimum Gasteiger partial charge on any atom is -0.473 e. The van der Waals surface area contributed by atoms with E-state index in [4.69, 9.17) is 16.3 Å². The van der Waals surface area contributed by atoms with Crippen molar-refractivity contribution in [2.75, 3.05) is 0 Å². The van der Waals surface area contributed by atoms with E-state index in [-0.39, 0.29) is 16.8 Å². The van der Waals surface area contributed by atoms with Gasteiger partial charge in [-0.05, 0) is 58.1 Å². The van der Waals surface area contributed by atoms with Crippen LogP contribution in [0.5, 0.6) is 5.88 Å². The molecule has 2 saturated carbocycles. The fraction of sp³-hybridized carbons (Fsp3) is 0.714. The maximum atomic E-state index is 6.18. The lowest BCUT2D eigenvalue weighted by atomic mass is 9.70. The molecule has 0 spiro atoms. The highest BCUT2D eigenvalue weighted by molar-refractivity contribution is 9.10. The van der Waals surface area contributed by atoms with Gasteiger partial charge in [0.25, 0.3) is 0 Å². The van der Waals surface area contributed by atoms with Crippen LogP contribution in [0.15, 0.2) is 10.7 Å². The van der Waals surface area contributed by atoms with Crippen LogP contribution in [0.2, 0.25) is 5.28 Å². The summed E-state index contributed by atoms with van der Waals surface area (Å²) >= 11 is 9.28. The van der Waals surface area contributed by atoms with Crippen molar-refractivity contribution in [3.05, 3.63) is 16.0 Å². The van der Waals surface area contributed by atoms with Gasteiger partial charge in [0.2, 0.25) is 11.2 Å². The number of fused-ring (bicyclic) bond motifs is 2. The van der Waals surface area contributed by atoms with Crippen molar-refractivity contribution < 1.29 is 4.74 Å². The minimum atomic E-state index is 0.212. The summed E-state index contributed by atoms with van der Waals surface area (Å²) in [5.41, 5.74) is 0.551. The normalized spacial score (nSPS) is 35.6. The quantitative estimate of drug-likeness (QED) is 0.741. The SMILES string of the molecule is CC1(C)C2CCC1(C)C(Oc1nc(Cl)ncc1Br)C2. The zero-order chi connectivity index (χ0) is 13.8. The van der Waals surface area contributed by atoms with Crippen molar-refractivity contribution >= 4 is 27.5 Å². The van der Waals surface area contributed by atoms with Crippen molar-refractivity contribution in [1.82, 2.24) is 9.97 Å². The van der Waals surface area contributed by atoms with Gasteiger partial charge in [0, 0.05) is 11.6 Å². The molecule has 0 aromatic carbocycles. The van der Waals surface area contributed by atoms with Gasteiger partial charge in [-0.3, -0.25) is 0 Å². The Kier molecular flexibility index (Phi) is 3.10. The van der Waals surface area contributed by atoms with Crippen LogP contribution in [0.3, 0.4) is 0 Å². The highest BCUT2D eigenvalue weighted by atomic mass is 79.9. The molecule has 0 saturated heterocycles. The molecule has 1 aromatic heterocycles. The van der Waals surface area contributed by atoms with Crippen molar-refractivity contribution in [1.29, 1.82) is 0 Å². The summed E-state index contributed by atoms with van der Waals surface area (Å²) in [5, 5.41) is 0.228. The van der Waals surface area contributed by atoms with E-state index in [1.807, 2.05) is 0 Å². The number of aromatic nitrogens is 2. The van der Waals surface area contributed by atoms with Crippen LogP contribution >= 0.6 is 27.5 Å². The van der Waals surface area contributed by atoms with Gasteiger partial charge in [-0.15, -0.1) is 0 Å². The Balaban J connectivity index is 1.88. The van der Waals surface area contributed by atoms with E-state index < -0.39 is 0 Å². The molecule has 3 atom stereocenters. The molecule has 5 heteroatoms. The molecular weight excluding hydrogens is 328 g/mol. The smallest absolute Gasteiger partial charge is 0.232 e. The molecule has 2 bridgehead atoms. The van der Waals surface area contributed by atoms with Crippen molar-refractivity contribution in [2.24, 2.45) is 16.7 Å². The largest absolute Gasteiger partial charge is 0.473 e. The van der Waals surface area contributed by atoms with Gasteiger partial charge in [0.05, 0.1) is 4.47 Å². The molecule has 104 valence electrons. The first kappa shape index (κ1) is 13.6. The first-order valence-corrected chi connectivity index (χ1v) is 7.86. The van der Waals surface area contributed by atoms with Gasteiger partial charge in [-0.1, -0.05) is 20.8 Å². The molecule has 19 heavy (non-hydrogen) atoms. The molecule has 0 amide bonds. The number of halogens is 2. The van der Waals surface area contributed by atoms with Crippen LogP contribution in [0.4, 0.5) is 0 Å². The molecule has 0 radical (unpaired) electrons. The third-order valence-corrected chi connectivity index (χ3v) is 6.38. The second-order valence-electron chi connectivity index (χ2n) is 6.51. The Labute approximate surface area is 127 Å². The molecule has 1 aromatic rings. The van der Waals surface area contributed by atoms with E-state index in [9.17, 15) is 0 Å². The fourth-order valence-electron chi connectivity index (χ4n) is 3.86. The third kappa shape index (κ3) is 1.90. The highest BCUT2D eigenvalue weighted by Crippen LogP contribution is 2.66. The van der Waals surface area contributed by atoms with E-state index in [0.29, 0.717) is 11.3 Å². The third-order valence-electron chi connectivity index (χ3n) is 5.65. The van der Waals surface area contributed by atoms with Crippen LogP contribution < -0.4 is 4.74 Å². The topological polar surface area (TPSA) is 35.0 Å². The maximum Gasteiger partial charge on any atom is 0.232 e. The van der Waals surface area contributed by atoms with E-state index in [0.717, 1.165) is 16.8 Å². The number of hydrogen-bond donors (Lipinski definition) is 0. The molecule has 2 aliphatic carbocycles. The molecule has 3 rings (SSSR count). The zero-order valence-corrected chi connectivity index (χ0v) is 13.8. The lowest BCUT2D eigenvalue weighted by Crippen LogP contribution is -2.39. The Morgan fingerprint density at radius 2 is 2.16 bits per heavy atom. The Bertz CT molecular complexity index is 522. The highest BCUT2D eigenvalue weighted by Gasteiger charge is 2.62. The monoisotopic (exact) mass is 344 g/mol. The molecule has 0 aliphatic heterocycles. The average Bonchev–Trinajstić information content (AvgIpc) is 2.67. The van der Waals surface area contributed by atoms with Gasteiger partial charge in [0.1, 0.15) is 6.10 Å². The second kappa shape index (κ2) is 4.32. The minimum absolute atomic E-state index is 0.212. The van der Waals surface area contributed by atoms with Crippen molar-refractivity contribution in [3.63, 3.8) is 0 Å². The molecule has 1 heterocycles. The maximum absolute atomic E-state index is 6.18. The summed E-state index contributed by atoms with van der Waals surface area (Å²) in [7, 11) is 0. The van der Waals surface area contributed by atoms with E-state index in [1.165, 1.54) is 12.8 Å². The summed E-state index contributed by atoms with van der Waals surface area (Å²) in [4.78, 5) is 8.12. The van der Waals surface area contributed by atoms with Crippen LogP contribution in [0, 0.1) is 16.7 Å². The number of ether oxygens (including phenoxy) is 1. The standard InChI is InChI=1S/C14H18BrClN2O/c1-13(2)8-4-5-14(13,3)10(6-8)19-11-9(15)7-17-12(16)18-11/h7-8,10H,4-6H2,1-3H3. The number of nitrogens with zero attached hydrogens (tertiary/aromatic N) is 2. The van der Waals surface area contributed by atoms with E-state index >= 15 is 0 Å². The average molecular weight is 346 g/mol. The van der Waals surface area contributed by atoms with Crippen molar-refractivity contribution in [3.8, 4) is 5.88 Å². The summed E-state index contributed by atoms with van der Waals surface area (Å²) in [5.74, 6) is 1.31. The Hall–Kier alpha value is -0.350. The summed E-state index contributed by atoms with van der Waals surface area (Å²) in [6.07, 6.45) is 5.51. The summed E-state index contributed by atoms with van der Waals surface area (Å²) in [6, 6.07) is 0. The molecule has 0 N–H and O–H groups in total. The first-order chi connectivity index (χ1) is 8.84. The second-order valence-corrected chi connectivity index (χ2v) is 7.70. The van der Waals surface area contributed by atoms with Crippen LogP contribution in [-0.4, -0.2) is 16.1 Å². The van der Waals surface area contributed by atoms with Gasteiger partial charge in [0.15, 0.2) is 0 Å². The molecule has 3 nitrogen and oxygen atoms in total. The molecule has 2 fully saturated rings.